The van der Waals surface area contributed by atoms with Gasteiger partial charge in [-0.3, -0.25) is 4.90 Å². The lowest BCUT2D eigenvalue weighted by Crippen LogP contribution is -2.33. The third-order valence-corrected chi connectivity index (χ3v) is 5.36. The predicted octanol–water partition coefficient (Wildman–Crippen LogP) is 3.86. The number of nitrogens with zero attached hydrogens (tertiary/aromatic N) is 4. The first-order valence-electron chi connectivity index (χ1n) is 10.9. The van der Waals surface area contributed by atoms with E-state index in [1.807, 2.05) is 55.5 Å². The van der Waals surface area contributed by atoms with Gasteiger partial charge in [0.05, 0.1) is 0 Å². The molecule has 1 aliphatic rings. The maximum Gasteiger partial charge on any atom is 0.349 e. The molecule has 0 aliphatic carbocycles. The van der Waals surface area contributed by atoms with Crippen LogP contribution in [-0.4, -0.2) is 51.9 Å². The van der Waals surface area contributed by atoms with E-state index in [9.17, 15) is 4.79 Å². The molecule has 0 saturated carbocycles. The first-order chi connectivity index (χ1) is 15.6. The van der Waals surface area contributed by atoms with Gasteiger partial charge in [0.1, 0.15) is 12.4 Å². The fourth-order valence-corrected chi connectivity index (χ4v) is 3.58. The number of likely N-dealkylation sites (tertiary alicyclic amines) is 1. The maximum absolute atomic E-state index is 12.5. The van der Waals surface area contributed by atoms with Gasteiger partial charge in [0, 0.05) is 17.9 Å². The van der Waals surface area contributed by atoms with Crippen molar-refractivity contribution < 1.29 is 9.53 Å². The van der Waals surface area contributed by atoms with E-state index in [1.54, 1.807) is 0 Å². The van der Waals surface area contributed by atoms with Gasteiger partial charge in [-0.05, 0) is 69.3 Å². The molecule has 1 amide bonds. The van der Waals surface area contributed by atoms with Crippen LogP contribution in [0.3, 0.4) is 0 Å². The van der Waals surface area contributed by atoms with E-state index in [0.717, 1.165) is 41.3 Å². The van der Waals surface area contributed by atoms with Crippen LogP contribution in [0.4, 0.5) is 28.1 Å². The fourth-order valence-electron chi connectivity index (χ4n) is 3.58. The second kappa shape index (κ2) is 10.1. The molecule has 0 spiro atoms. The number of aromatic nitrogens is 3. The summed E-state index contributed by atoms with van der Waals surface area (Å²) in [5.74, 6) is 1.04. The standard InChI is InChI=1S/C23H29N7O2/c1-17-5-7-19(8-6-17)26-23(31)30-21(24)27-22(28-30)25-18-9-11-20(12-10-18)32-16-15-29-13-3-2-4-14-29/h5-12H,2-4,13-16H2,1H3,(H,26,31)(H3,24,25,27,28). The van der Waals surface area contributed by atoms with Crippen molar-refractivity contribution in [2.24, 2.45) is 0 Å². The number of carbonyl (C=O) groups is 1. The number of anilines is 4. The molecule has 0 atom stereocenters. The molecule has 9 nitrogen and oxygen atoms in total. The molecule has 1 saturated heterocycles. The Morgan fingerprint density at radius 1 is 1.03 bits per heavy atom. The Morgan fingerprint density at radius 2 is 1.72 bits per heavy atom. The van der Waals surface area contributed by atoms with Crippen molar-refractivity contribution in [1.29, 1.82) is 0 Å². The van der Waals surface area contributed by atoms with Crippen molar-refractivity contribution in [2.45, 2.75) is 26.2 Å². The number of rotatable bonds is 7. The number of nitrogens with two attached hydrogens (primary N) is 1. The number of aryl methyl sites for hydroxylation is 1. The van der Waals surface area contributed by atoms with Gasteiger partial charge < -0.3 is 21.1 Å². The zero-order valence-corrected chi connectivity index (χ0v) is 18.3. The van der Waals surface area contributed by atoms with E-state index < -0.39 is 6.03 Å². The van der Waals surface area contributed by atoms with Crippen LogP contribution in [0.1, 0.15) is 24.8 Å². The number of carbonyl (C=O) groups excluding carboxylic acids is 1. The van der Waals surface area contributed by atoms with Crippen molar-refractivity contribution in [3.8, 4) is 5.75 Å². The largest absolute Gasteiger partial charge is 0.492 e. The van der Waals surface area contributed by atoms with Crippen LogP contribution >= 0.6 is 0 Å². The highest BCUT2D eigenvalue weighted by molar-refractivity contribution is 5.92. The topological polar surface area (TPSA) is 110 Å². The molecule has 2 aromatic carbocycles. The number of benzene rings is 2. The molecule has 0 radical (unpaired) electrons. The Labute approximate surface area is 187 Å². The molecule has 0 bridgehead atoms. The number of nitrogens with one attached hydrogen (secondary N) is 2. The first-order valence-corrected chi connectivity index (χ1v) is 10.9. The van der Waals surface area contributed by atoms with Crippen molar-refractivity contribution in [3.63, 3.8) is 0 Å². The second-order valence-corrected chi connectivity index (χ2v) is 7.90. The summed E-state index contributed by atoms with van der Waals surface area (Å²) in [5.41, 5.74) is 8.41. The van der Waals surface area contributed by atoms with Gasteiger partial charge in [0.25, 0.3) is 0 Å². The second-order valence-electron chi connectivity index (χ2n) is 7.90. The van der Waals surface area contributed by atoms with E-state index in [-0.39, 0.29) is 11.9 Å². The van der Waals surface area contributed by atoms with Gasteiger partial charge in [-0.1, -0.05) is 24.1 Å². The van der Waals surface area contributed by atoms with E-state index in [2.05, 4.69) is 25.6 Å². The lowest BCUT2D eigenvalue weighted by atomic mass is 10.1. The molecule has 32 heavy (non-hydrogen) atoms. The fraction of sp³-hybridized carbons (Fsp3) is 0.348. The van der Waals surface area contributed by atoms with Crippen molar-refractivity contribution in [3.05, 3.63) is 54.1 Å². The summed E-state index contributed by atoms with van der Waals surface area (Å²) in [6, 6.07) is 14.5. The molecule has 168 valence electrons. The summed E-state index contributed by atoms with van der Waals surface area (Å²) >= 11 is 0. The van der Waals surface area contributed by atoms with Crippen LogP contribution in [0.25, 0.3) is 0 Å². The Kier molecular flexibility index (Phi) is 6.86. The highest BCUT2D eigenvalue weighted by atomic mass is 16.5. The van der Waals surface area contributed by atoms with Gasteiger partial charge in [-0.25, -0.2) is 4.79 Å². The van der Waals surface area contributed by atoms with Crippen molar-refractivity contribution in [2.75, 3.05) is 42.6 Å². The third kappa shape index (κ3) is 5.76. The van der Waals surface area contributed by atoms with Crippen LogP contribution in [0, 0.1) is 6.92 Å². The smallest absolute Gasteiger partial charge is 0.349 e. The monoisotopic (exact) mass is 435 g/mol. The van der Waals surface area contributed by atoms with Crippen LogP contribution in [0.5, 0.6) is 5.75 Å². The van der Waals surface area contributed by atoms with E-state index in [4.69, 9.17) is 10.5 Å². The molecule has 0 unspecified atom stereocenters. The number of nitrogen functional groups attached to an aromatic ring is 1. The van der Waals surface area contributed by atoms with Crippen LogP contribution in [0.2, 0.25) is 0 Å². The summed E-state index contributed by atoms with van der Waals surface area (Å²) < 4.78 is 6.88. The number of hydrogen-bond donors (Lipinski definition) is 3. The van der Waals surface area contributed by atoms with Crippen molar-refractivity contribution in [1.82, 2.24) is 19.7 Å². The van der Waals surface area contributed by atoms with Gasteiger partial charge in [0.2, 0.25) is 11.9 Å². The molecular formula is C23H29N7O2. The Morgan fingerprint density at radius 3 is 2.44 bits per heavy atom. The minimum atomic E-state index is -0.482. The highest BCUT2D eigenvalue weighted by Gasteiger charge is 2.14. The molecule has 9 heteroatoms. The highest BCUT2D eigenvalue weighted by Crippen LogP contribution is 2.19. The Bertz CT molecular complexity index is 1030. The third-order valence-electron chi connectivity index (χ3n) is 5.36. The van der Waals surface area contributed by atoms with Crippen LogP contribution in [0.15, 0.2) is 48.5 Å². The normalized spacial score (nSPS) is 14.2. The zero-order chi connectivity index (χ0) is 22.3. The first kappa shape index (κ1) is 21.6. The molecular weight excluding hydrogens is 406 g/mol. The van der Waals surface area contributed by atoms with Crippen LogP contribution < -0.4 is 21.1 Å². The Hall–Kier alpha value is -3.59. The summed E-state index contributed by atoms with van der Waals surface area (Å²) in [4.78, 5) is 19.0. The minimum Gasteiger partial charge on any atom is -0.492 e. The number of ether oxygens (including phenoxy) is 1. The van der Waals surface area contributed by atoms with Gasteiger partial charge in [-0.15, -0.1) is 9.78 Å². The lowest BCUT2D eigenvalue weighted by molar-refractivity contribution is 0.183. The van der Waals surface area contributed by atoms with E-state index in [0.29, 0.717) is 12.3 Å². The molecule has 2 heterocycles. The van der Waals surface area contributed by atoms with Gasteiger partial charge in [-0.2, -0.15) is 4.98 Å². The van der Waals surface area contributed by atoms with Gasteiger partial charge >= 0.3 is 6.03 Å². The molecule has 4 N–H and O–H groups in total. The van der Waals surface area contributed by atoms with E-state index in [1.165, 1.54) is 19.3 Å². The average molecular weight is 436 g/mol. The lowest BCUT2D eigenvalue weighted by Gasteiger charge is -2.26. The molecule has 1 aromatic heterocycles. The zero-order valence-electron chi connectivity index (χ0n) is 18.3. The quantitative estimate of drug-likeness (QED) is 0.517. The molecule has 3 aromatic rings. The van der Waals surface area contributed by atoms with Crippen LogP contribution in [-0.2, 0) is 0 Å². The minimum absolute atomic E-state index is 0.00484. The summed E-state index contributed by atoms with van der Waals surface area (Å²) in [5, 5.41) is 9.97. The maximum atomic E-state index is 12.5. The van der Waals surface area contributed by atoms with E-state index >= 15 is 0 Å². The summed E-state index contributed by atoms with van der Waals surface area (Å²) in [7, 11) is 0. The molecule has 4 rings (SSSR count). The average Bonchev–Trinajstić information content (AvgIpc) is 3.17. The summed E-state index contributed by atoms with van der Waals surface area (Å²) in [6.45, 7) is 5.93. The molecule has 1 fully saturated rings. The summed E-state index contributed by atoms with van der Waals surface area (Å²) in [6.07, 6.45) is 3.90. The Balaban J connectivity index is 1.30. The number of amides is 1. The SMILES string of the molecule is Cc1ccc(NC(=O)n2nc(Nc3ccc(OCCN4CCCCC4)cc3)nc2N)cc1. The number of hydrogen-bond acceptors (Lipinski definition) is 7. The predicted molar refractivity (Wildman–Crippen MR) is 126 cm³/mol. The van der Waals surface area contributed by atoms with Gasteiger partial charge in [0.15, 0.2) is 0 Å². The molecule has 1 aliphatic heterocycles. The van der Waals surface area contributed by atoms with Crippen molar-refractivity contribution >= 4 is 29.3 Å². The number of piperidine rings is 1.